The van der Waals surface area contributed by atoms with E-state index in [2.05, 4.69) is 5.16 Å². The lowest BCUT2D eigenvalue weighted by atomic mass is 9.97. The molecule has 1 aromatic heterocycles. The second-order valence-corrected chi connectivity index (χ2v) is 4.80. The summed E-state index contributed by atoms with van der Waals surface area (Å²) in [6, 6.07) is 9.51. The van der Waals surface area contributed by atoms with Gasteiger partial charge in [-0.3, -0.25) is 0 Å². The molecule has 2 aromatic rings. The van der Waals surface area contributed by atoms with E-state index in [0.29, 0.717) is 12.3 Å². The van der Waals surface area contributed by atoms with E-state index in [1.807, 2.05) is 24.3 Å². The molecule has 0 bridgehead atoms. The third-order valence-corrected chi connectivity index (χ3v) is 2.41. The van der Waals surface area contributed by atoms with Crippen LogP contribution in [0.2, 0.25) is 0 Å². The predicted octanol–water partition coefficient (Wildman–Crippen LogP) is 2.24. The van der Waals surface area contributed by atoms with Crippen molar-refractivity contribution in [1.29, 1.82) is 0 Å². The quantitative estimate of drug-likeness (QED) is 0.851. The number of rotatable bonds is 3. The van der Waals surface area contributed by atoms with Crippen molar-refractivity contribution in [3.8, 4) is 11.3 Å². The van der Waals surface area contributed by atoms with Gasteiger partial charge in [-0.05, 0) is 19.4 Å². The van der Waals surface area contributed by atoms with Crippen LogP contribution in [0.15, 0.2) is 34.9 Å². The zero-order chi connectivity index (χ0) is 12.5. The van der Waals surface area contributed by atoms with E-state index < -0.39 is 5.60 Å². The Morgan fingerprint density at radius 2 is 1.94 bits per heavy atom. The molecule has 1 aromatic carbocycles. The van der Waals surface area contributed by atoms with Crippen molar-refractivity contribution >= 4 is 5.88 Å². The Morgan fingerprint density at radius 1 is 1.29 bits per heavy atom. The van der Waals surface area contributed by atoms with Gasteiger partial charge in [0.2, 0.25) is 5.88 Å². The average molecular weight is 232 g/mol. The van der Waals surface area contributed by atoms with Crippen molar-refractivity contribution in [2.24, 2.45) is 0 Å². The number of hydrogen-bond donors (Lipinski definition) is 2. The van der Waals surface area contributed by atoms with E-state index in [0.717, 1.165) is 16.8 Å². The van der Waals surface area contributed by atoms with Crippen LogP contribution < -0.4 is 5.73 Å². The summed E-state index contributed by atoms with van der Waals surface area (Å²) in [5.74, 6) is 0.306. The molecule has 90 valence electrons. The van der Waals surface area contributed by atoms with Crippen molar-refractivity contribution in [3.63, 3.8) is 0 Å². The van der Waals surface area contributed by atoms with Gasteiger partial charge in [-0.25, -0.2) is 0 Å². The van der Waals surface area contributed by atoms with Gasteiger partial charge in [-0.2, -0.15) is 0 Å². The summed E-state index contributed by atoms with van der Waals surface area (Å²) in [7, 11) is 0. The molecule has 0 unspecified atom stereocenters. The highest BCUT2D eigenvalue weighted by atomic mass is 16.5. The Balaban J connectivity index is 2.19. The normalized spacial score (nSPS) is 11.7. The van der Waals surface area contributed by atoms with Crippen molar-refractivity contribution in [3.05, 3.63) is 35.9 Å². The Hall–Kier alpha value is -1.81. The molecule has 0 aliphatic heterocycles. The van der Waals surface area contributed by atoms with Crippen LogP contribution in [0.25, 0.3) is 11.3 Å². The first-order chi connectivity index (χ1) is 7.94. The highest BCUT2D eigenvalue weighted by Crippen LogP contribution is 2.21. The molecule has 0 spiro atoms. The molecule has 0 saturated heterocycles. The van der Waals surface area contributed by atoms with E-state index >= 15 is 0 Å². The first kappa shape index (κ1) is 11.7. The molecular formula is C13H16N2O2. The number of anilines is 1. The molecule has 0 saturated carbocycles. The summed E-state index contributed by atoms with van der Waals surface area (Å²) in [6.07, 6.45) is 0.619. The summed E-state index contributed by atoms with van der Waals surface area (Å²) in [6.45, 7) is 3.58. The van der Waals surface area contributed by atoms with E-state index in [1.165, 1.54) is 0 Å². The molecule has 3 N–H and O–H groups in total. The Bertz CT molecular complexity index is 495. The lowest BCUT2D eigenvalue weighted by Crippen LogP contribution is -2.21. The van der Waals surface area contributed by atoms with E-state index in [1.54, 1.807) is 19.9 Å². The first-order valence-corrected chi connectivity index (χ1v) is 5.48. The van der Waals surface area contributed by atoms with Crippen LogP contribution in [0.1, 0.15) is 19.4 Å². The smallest absolute Gasteiger partial charge is 0.222 e. The fourth-order valence-electron chi connectivity index (χ4n) is 1.72. The number of nitrogens with two attached hydrogens (primary N) is 1. The number of aromatic nitrogens is 1. The molecule has 0 radical (unpaired) electrons. The number of nitrogen functional groups attached to an aromatic ring is 1. The summed E-state index contributed by atoms with van der Waals surface area (Å²) in [5.41, 5.74) is 7.52. The van der Waals surface area contributed by atoms with Crippen LogP contribution in [-0.4, -0.2) is 15.9 Å². The van der Waals surface area contributed by atoms with Crippen molar-refractivity contribution in [1.82, 2.24) is 5.16 Å². The van der Waals surface area contributed by atoms with Crippen molar-refractivity contribution < 1.29 is 9.63 Å². The van der Waals surface area contributed by atoms with Crippen LogP contribution in [0.4, 0.5) is 5.88 Å². The number of nitrogens with zero attached hydrogens (tertiary/aromatic N) is 1. The third kappa shape index (κ3) is 3.07. The minimum Gasteiger partial charge on any atom is -0.390 e. The van der Waals surface area contributed by atoms with Gasteiger partial charge in [0.05, 0.1) is 5.60 Å². The van der Waals surface area contributed by atoms with Gasteiger partial charge in [0.25, 0.3) is 0 Å². The minimum atomic E-state index is -0.695. The van der Waals surface area contributed by atoms with Gasteiger partial charge in [-0.1, -0.05) is 29.4 Å². The maximum atomic E-state index is 9.72. The second kappa shape index (κ2) is 4.22. The topological polar surface area (TPSA) is 72.3 Å². The van der Waals surface area contributed by atoms with Crippen molar-refractivity contribution in [2.45, 2.75) is 25.9 Å². The third-order valence-electron chi connectivity index (χ3n) is 2.41. The Kier molecular flexibility index (Phi) is 2.90. The zero-order valence-corrected chi connectivity index (χ0v) is 9.97. The largest absolute Gasteiger partial charge is 0.390 e. The molecule has 0 aliphatic rings. The molecule has 0 amide bonds. The van der Waals surface area contributed by atoms with Gasteiger partial charge in [0.1, 0.15) is 5.69 Å². The summed E-state index contributed by atoms with van der Waals surface area (Å²) in [5, 5.41) is 13.6. The molecule has 4 heteroatoms. The first-order valence-electron chi connectivity index (χ1n) is 5.48. The molecular weight excluding hydrogens is 216 g/mol. The Labute approximate surface area is 100 Å². The van der Waals surface area contributed by atoms with Crippen LogP contribution in [-0.2, 0) is 6.42 Å². The molecule has 4 nitrogen and oxygen atoms in total. The van der Waals surface area contributed by atoms with Crippen LogP contribution in [0.3, 0.4) is 0 Å². The average Bonchev–Trinajstić information content (AvgIpc) is 2.63. The summed E-state index contributed by atoms with van der Waals surface area (Å²) >= 11 is 0. The number of benzene rings is 1. The summed E-state index contributed by atoms with van der Waals surface area (Å²) in [4.78, 5) is 0. The van der Waals surface area contributed by atoms with Crippen LogP contribution in [0.5, 0.6) is 0 Å². The SMILES string of the molecule is CC(C)(O)Cc1ccc(-c2cc(N)on2)cc1. The molecule has 17 heavy (non-hydrogen) atoms. The highest BCUT2D eigenvalue weighted by Gasteiger charge is 2.13. The van der Waals surface area contributed by atoms with Gasteiger partial charge in [0.15, 0.2) is 0 Å². The van der Waals surface area contributed by atoms with Gasteiger partial charge < -0.3 is 15.4 Å². The van der Waals surface area contributed by atoms with E-state index in [4.69, 9.17) is 10.3 Å². The maximum Gasteiger partial charge on any atom is 0.222 e. The van der Waals surface area contributed by atoms with Crippen LogP contribution >= 0.6 is 0 Å². The predicted molar refractivity (Wildman–Crippen MR) is 66.4 cm³/mol. The maximum absolute atomic E-state index is 9.72. The fourth-order valence-corrected chi connectivity index (χ4v) is 1.72. The van der Waals surface area contributed by atoms with E-state index in [9.17, 15) is 5.11 Å². The monoisotopic (exact) mass is 232 g/mol. The number of aliphatic hydroxyl groups is 1. The molecule has 0 fully saturated rings. The fraction of sp³-hybridized carbons (Fsp3) is 0.308. The molecule has 1 heterocycles. The lowest BCUT2D eigenvalue weighted by Gasteiger charge is -2.16. The Morgan fingerprint density at radius 3 is 2.41 bits per heavy atom. The molecule has 2 rings (SSSR count). The highest BCUT2D eigenvalue weighted by molar-refractivity contribution is 5.61. The summed E-state index contributed by atoms with van der Waals surface area (Å²) < 4.78 is 4.82. The van der Waals surface area contributed by atoms with E-state index in [-0.39, 0.29) is 0 Å². The van der Waals surface area contributed by atoms with Gasteiger partial charge in [-0.15, -0.1) is 0 Å². The zero-order valence-electron chi connectivity index (χ0n) is 9.97. The van der Waals surface area contributed by atoms with Gasteiger partial charge in [0, 0.05) is 18.1 Å². The van der Waals surface area contributed by atoms with Gasteiger partial charge >= 0.3 is 0 Å². The molecule has 0 aliphatic carbocycles. The van der Waals surface area contributed by atoms with Crippen LogP contribution in [0, 0.1) is 0 Å². The minimum absolute atomic E-state index is 0.306. The molecule has 0 atom stereocenters. The lowest BCUT2D eigenvalue weighted by molar-refractivity contribution is 0.0810. The number of hydrogen-bond acceptors (Lipinski definition) is 4. The van der Waals surface area contributed by atoms with Crippen molar-refractivity contribution in [2.75, 3.05) is 5.73 Å². The second-order valence-electron chi connectivity index (χ2n) is 4.80. The standard InChI is InChI=1S/C13H16N2O2/c1-13(2,16)8-9-3-5-10(6-4-9)11-7-12(14)17-15-11/h3-7,16H,8,14H2,1-2H3.